The number of hydrogen-bond donors (Lipinski definition) is 0. The van der Waals surface area contributed by atoms with Crippen LogP contribution in [-0.4, -0.2) is 18.7 Å². The minimum Gasteiger partial charge on any atom is -0.324 e. The number of aromatic nitrogens is 4. The van der Waals surface area contributed by atoms with Crippen molar-refractivity contribution in [3.63, 3.8) is 0 Å². The van der Waals surface area contributed by atoms with Gasteiger partial charge in [-0.05, 0) is 11.5 Å². The van der Waals surface area contributed by atoms with Crippen LogP contribution in [0.15, 0.2) is 46.2 Å². The molecule has 0 unspecified atom stereocenters. The Morgan fingerprint density at radius 2 is 1.83 bits per heavy atom. The number of hydrogen-bond acceptors (Lipinski definition) is 3. The molecule has 0 N–H and O–H groups in total. The van der Waals surface area contributed by atoms with Crippen molar-refractivity contribution < 1.29 is 0 Å². The number of rotatable bonds is 4. The van der Waals surface area contributed by atoms with Crippen molar-refractivity contribution in [2.75, 3.05) is 0 Å². The second kappa shape index (κ2) is 5.87. The molecule has 2 aromatic heterocycles. The molecule has 1 aromatic carbocycles. The normalized spacial score (nSPS) is 11.5. The summed E-state index contributed by atoms with van der Waals surface area (Å²) in [6.45, 7) is 5.24. The largest absolute Gasteiger partial charge is 0.332 e. The molecule has 0 amide bonds. The summed E-state index contributed by atoms with van der Waals surface area (Å²) >= 11 is 0. The van der Waals surface area contributed by atoms with Crippen LogP contribution in [0.1, 0.15) is 19.4 Å². The SMILES string of the molecule is CC(C)Cn1cnc2c1c(=O)n(C)c(=O)n2Cc1ccccc1. The van der Waals surface area contributed by atoms with Crippen LogP contribution in [-0.2, 0) is 20.1 Å². The van der Waals surface area contributed by atoms with Gasteiger partial charge in [0.25, 0.3) is 5.56 Å². The van der Waals surface area contributed by atoms with E-state index in [1.807, 2.05) is 34.9 Å². The van der Waals surface area contributed by atoms with Crippen molar-refractivity contribution in [3.8, 4) is 0 Å². The zero-order valence-electron chi connectivity index (χ0n) is 13.6. The summed E-state index contributed by atoms with van der Waals surface area (Å²) in [6, 6.07) is 9.69. The third-order valence-electron chi connectivity index (χ3n) is 3.84. The molecule has 0 aliphatic carbocycles. The maximum atomic E-state index is 12.5. The van der Waals surface area contributed by atoms with Crippen LogP contribution >= 0.6 is 0 Å². The Labute approximate surface area is 133 Å². The van der Waals surface area contributed by atoms with Gasteiger partial charge in [0.15, 0.2) is 11.2 Å². The zero-order valence-corrected chi connectivity index (χ0v) is 13.6. The zero-order chi connectivity index (χ0) is 16.6. The fourth-order valence-corrected chi connectivity index (χ4v) is 2.75. The maximum Gasteiger partial charge on any atom is 0.332 e. The third-order valence-corrected chi connectivity index (χ3v) is 3.84. The molecule has 0 saturated heterocycles. The summed E-state index contributed by atoms with van der Waals surface area (Å²) < 4.78 is 4.55. The predicted molar refractivity (Wildman–Crippen MR) is 89.6 cm³/mol. The summed E-state index contributed by atoms with van der Waals surface area (Å²) in [5.74, 6) is 0.381. The standard InChI is InChI=1S/C17H20N4O2/c1-12(2)9-20-11-18-15-14(20)16(22)19(3)17(23)21(15)10-13-7-5-4-6-8-13/h4-8,11-12H,9-10H2,1-3H3. The summed E-state index contributed by atoms with van der Waals surface area (Å²) in [5.41, 5.74) is 1.28. The Bertz CT molecular complexity index is 948. The molecule has 0 spiro atoms. The van der Waals surface area contributed by atoms with Gasteiger partial charge in [0, 0.05) is 13.6 Å². The molecule has 0 atom stereocenters. The van der Waals surface area contributed by atoms with Gasteiger partial charge in [-0.1, -0.05) is 44.2 Å². The van der Waals surface area contributed by atoms with Crippen LogP contribution in [0, 0.1) is 5.92 Å². The summed E-state index contributed by atoms with van der Waals surface area (Å²) in [7, 11) is 1.51. The molecule has 0 bridgehead atoms. The first-order valence-electron chi connectivity index (χ1n) is 7.67. The Morgan fingerprint density at radius 1 is 1.13 bits per heavy atom. The molecule has 0 fully saturated rings. The van der Waals surface area contributed by atoms with Gasteiger partial charge < -0.3 is 4.57 Å². The van der Waals surface area contributed by atoms with Gasteiger partial charge in [0.2, 0.25) is 0 Å². The van der Waals surface area contributed by atoms with Gasteiger partial charge in [-0.25, -0.2) is 9.78 Å². The highest BCUT2D eigenvalue weighted by Crippen LogP contribution is 2.11. The second-order valence-electron chi connectivity index (χ2n) is 6.18. The van der Waals surface area contributed by atoms with E-state index >= 15 is 0 Å². The van der Waals surface area contributed by atoms with Crippen LogP contribution in [0.4, 0.5) is 0 Å². The number of fused-ring (bicyclic) bond motifs is 1. The molecule has 120 valence electrons. The molecule has 6 nitrogen and oxygen atoms in total. The van der Waals surface area contributed by atoms with Gasteiger partial charge in [-0.15, -0.1) is 0 Å². The van der Waals surface area contributed by atoms with Crippen molar-refractivity contribution in [2.24, 2.45) is 13.0 Å². The van der Waals surface area contributed by atoms with Crippen molar-refractivity contribution in [2.45, 2.75) is 26.9 Å². The highest BCUT2D eigenvalue weighted by molar-refractivity contribution is 5.70. The fourth-order valence-electron chi connectivity index (χ4n) is 2.75. The average Bonchev–Trinajstić information content (AvgIpc) is 2.93. The lowest BCUT2D eigenvalue weighted by atomic mass is 10.2. The smallest absolute Gasteiger partial charge is 0.324 e. The molecule has 23 heavy (non-hydrogen) atoms. The highest BCUT2D eigenvalue weighted by atomic mass is 16.2. The minimum atomic E-state index is -0.346. The Kier molecular flexibility index (Phi) is 3.90. The minimum absolute atomic E-state index is 0.299. The third kappa shape index (κ3) is 2.72. The molecule has 6 heteroatoms. The van der Waals surface area contributed by atoms with E-state index in [0.29, 0.717) is 30.2 Å². The van der Waals surface area contributed by atoms with Crippen LogP contribution in [0.25, 0.3) is 11.2 Å². The van der Waals surface area contributed by atoms with E-state index in [9.17, 15) is 9.59 Å². The fraction of sp³-hybridized carbons (Fsp3) is 0.353. The average molecular weight is 312 g/mol. The summed E-state index contributed by atoms with van der Waals surface area (Å²) in [4.78, 5) is 29.4. The number of benzene rings is 1. The van der Waals surface area contributed by atoms with E-state index < -0.39 is 0 Å². The molecule has 3 aromatic rings. The van der Waals surface area contributed by atoms with Gasteiger partial charge in [0.05, 0.1) is 12.9 Å². The lowest BCUT2D eigenvalue weighted by Gasteiger charge is -2.11. The first-order chi connectivity index (χ1) is 11.0. The van der Waals surface area contributed by atoms with Crippen molar-refractivity contribution in [1.29, 1.82) is 0 Å². The Balaban J connectivity index is 2.23. The quantitative estimate of drug-likeness (QED) is 0.735. The number of imidazole rings is 1. The molecular formula is C17H20N4O2. The van der Waals surface area contributed by atoms with Gasteiger partial charge >= 0.3 is 5.69 Å². The van der Waals surface area contributed by atoms with Crippen LogP contribution in [0.5, 0.6) is 0 Å². The van der Waals surface area contributed by atoms with Crippen LogP contribution in [0.2, 0.25) is 0 Å². The topological polar surface area (TPSA) is 61.8 Å². The molecule has 0 saturated carbocycles. The van der Waals surface area contributed by atoms with Crippen molar-refractivity contribution in [3.05, 3.63) is 63.1 Å². The molecule has 0 aliphatic rings. The first-order valence-corrected chi connectivity index (χ1v) is 7.67. The summed E-state index contributed by atoms with van der Waals surface area (Å²) in [6.07, 6.45) is 1.65. The monoisotopic (exact) mass is 312 g/mol. The van der Waals surface area contributed by atoms with E-state index in [4.69, 9.17) is 0 Å². The molecule has 3 rings (SSSR count). The lowest BCUT2D eigenvalue weighted by Crippen LogP contribution is -2.39. The Morgan fingerprint density at radius 3 is 2.48 bits per heavy atom. The molecule has 0 radical (unpaired) electrons. The first kappa shape index (κ1) is 15.3. The van der Waals surface area contributed by atoms with E-state index in [0.717, 1.165) is 10.1 Å². The lowest BCUT2D eigenvalue weighted by molar-refractivity contribution is 0.530. The predicted octanol–water partition coefficient (Wildman–Crippen LogP) is 1.60. The van der Waals surface area contributed by atoms with Crippen molar-refractivity contribution in [1.82, 2.24) is 18.7 Å². The van der Waals surface area contributed by atoms with Crippen molar-refractivity contribution >= 4 is 11.2 Å². The number of nitrogens with zero attached hydrogens (tertiary/aromatic N) is 4. The van der Waals surface area contributed by atoms with E-state index in [1.54, 1.807) is 10.9 Å². The van der Waals surface area contributed by atoms with E-state index in [-0.39, 0.29) is 11.2 Å². The molecular weight excluding hydrogens is 292 g/mol. The van der Waals surface area contributed by atoms with Gasteiger partial charge in [-0.2, -0.15) is 0 Å². The van der Waals surface area contributed by atoms with E-state index in [1.165, 1.54) is 7.05 Å². The van der Waals surface area contributed by atoms with Gasteiger partial charge in [0.1, 0.15) is 0 Å². The maximum absolute atomic E-state index is 12.5. The Hall–Kier alpha value is -2.63. The van der Waals surface area contributed by atoms with Crippen LogP contribution in [0.3, 0.4) is 0 Å². The highest BCUT2D eigenvalue weighted by Gasteiger charge is 2.16. The van der Waals surface area contributed by atoms with Crippen LogP contribution < -0.4 is 11.2 Å². The second-order valence-corrected chi connectivity index (χ2v) is 6.18. The van der Waals surface area contributed by atoms with E-state index in [2.05, 4.69) is 18.8 Å². The molecule has 0 aliphatic heterocycles. The summed E-state index contributed by atoms with van der Waals surface area (Å²) in [5, 5.41) is 0. The molecule has 2 heterocycles. The van der Waals surface area contributed by atoms with Gasteiger partial charge in [-0.3, -0.25) is 13.9 Å².